The fraction of sp³-hybridized carbons (Fsp3) is 0.250. The summed E-state index contributed by atoms with van der Waals surface area (Å²) in [5, 5.41) is 20.1. The third kappa shape index (κ3) is 3.70. The van der Waals surface area contributed by atoms with Gasteiger partial charge in [0.05, 0.1) is 11.1 Å². The van der Waals surface area contributed by atoms with Gasteiger partial charge in [0.15, 0.2) is 0 Å². The Kier molecular flexibility index (Phi) is 4.91. The normalized spacial score (nSPS) is 15.2. The Labute approximate surface area is 133 Å². The molecule has 0 fully saturated rings. The molecule has 0 bridgehead atoms. The van der Waals surface area contributed by atoms with Crippen LogP contribution in [-0.2, 0) is 12.4 Å². The van der Waals surface area contributed by atoms with Crippen LogP contribution in [0.25, 0.3) is 0 Å². The van der Waals surface area contributed by atoms with E-state index in [-0.39, 0.29) is 0 Å². The summed E-state index contributed by atoms with van der Waals surface area (Å²) in [6, 6.07) is 7.72. The van der Waals surface area contributed by atoms with Gasteiger partial charge in [-0.3, -0.25) is 0 Å². The third-order valence-electron chi connectivity index (χ3n) is 3.47. The number of alkyl halides is 6. The number of hydrogen-bond acceptors (Lipinski definition) is 2. The lowest BCUT2D eigenvalue weighted by atomic mass is 9.92. The Balaban J connectivity index is 2.48. The van der Waals surface area contributed by atoms with E-state index in [0.29, 0.717) is 12.1 Å². The van der Waals surface area contributed by atoms with Crippen molar-refractivity contribution in [3.63, 3.8) is 0 Å². The van der Waals surface area contributed by atoms with Crippen LogP contribution in [0.2, 0.25) is 0 Å². The van der Waals surface area contributed by atoms with E-state index in [2.05, 4.69) is 0 Å². The molecule has 0 aliphatic heterocycles. The Hall–Kier alpha value is -2.06. The second-order valence-electron chi connectivity index (χ2n) is 5.06. The number of rotatable bonds is 3. The molecule has 0 spiro atoms. The van der Waals surface area contributed by atoms with Crippen LogP contribution < -0.4 is 0 Å². The van der Waals surface area contributed by atoms with Gasteiger partial charge in [-0.05, 0) is 23.3 Å². The van der Waals surface area contributed by atoms with Crippen LogP contribution in [0.4, 0.5) is 26.3 Å². The smallest absolute Gasteiger partial charge is 0.385 e. The number of aliphatic hydroxyl groups is 2. The Morgan fingerprint density at radius 1 is 0.583 bits per heavy atom. The van der Waals surface area contributed by atoms with Crippen molar-refractivity contribution in [3.05, 3.63) is 70.8 Å². The first-order chi connectivity index (χ1) is 11.0. The summed E-state index contributed by atoms with van der Waals surface area (Å²) in [5.74, 6) is 0. The van der Waals surface area contributed by atoms with Crippen molar-refractivity contribution in [2.45, 2.75) is 24.6 Å². The molecule has 2 rings (SSSR count). The van der Waals surface area contributed by atoms with E-state index in [0.717, 1.165) is 24.3 Å². The van der Waals surface area contributed by atoms with Gasteiger partial charge in [-0.1, -0.05) is 36.4 Å². The lowest BCUT2D eigenvalue weighted by Gasteiger charge is -2.24. The molecule has 0 aliphatic carbocycles. The first-order valence-electron chi connectivity index (χ1n) is 6.72. The van der Waals surface area contributed by atoms with Gasteiger partial charge >= 0.3 is 12.4 Å². The minimum atomic E-state index is -4.82. The van der Waals surface area contributed by atoms with E-state index in [4.69, 9.17) is 0 Å². The van der Waals surface area contributed by atoms with Crippen LogP contribution in [0.3, 0.4) is 0 Å². The molecule has 0 saturated heterocycles. The number of benzene rings is 2. The minimum Gasteiger partial charge on any atom is -0.385 e. The van der Waals surface area contributed by atoms with Gasteiger partial charge in [-0.15, -0.1) is 0 Å². The van der Waals surface area contributed by atoms with E-state index in [9.17, 15) is 36.6 Å². The SMILES string of the molecule is OC(c1ccccc1C(F)(F)F)C(O)c1ccccc1C(F)(F)F. The lowest BCUT2D eigenvalue weighted by Crippen LogP contribution is -2.19. The van der Waals surface area contributed by atoms with Crippen LogP contribution in [0, 0.1) is 0 Å². The van der Waals surface area contributed by atoms with Crippen LogP contribution in [0.1, 0.15) is 34.5 Å². The van der Waals surface area contributed by atoms with Crippen molar-refractivity contribution < 1.29 is 36.6 Å². The molecule has 0 heterocycles. The number of aliphatic hydroxyl groups excluding tert-OH is 2. The molecule has 0 aliphatic rings. The second-order valence-corrected chi connectivity index (χ2v) is 5.06. The van der Waals surface area contributed by atoms with Crippen molar-refractivity contribution >= 4 is 0 Å². The maximum Gasteiger partial charge on any atom is 0.416 e. The van der Waals surface area contributed by atoms with Crippen molar-refractivity contribution in [1.29, 1.82) is 0 Å². The van der Waals surface area contributed by atoms with Crippen LogP contribution in [-0.4, -0.2) is 10.2 Å². The molecule has 2 N–H and O–H groups in total. The summed E-state index contributed by atoms with van der Waals surface area (Å²) < 4.78 is 77.8. The summed E-state index contributed by atoms with van der Waals surface area (Å²) in [7, 11) is 0. The monoisotopic (exact) mass is 350 g/mol. The standard InChI is InChI=1S/C16H12F6O2/c17-15(18,19)11-7-3-1-5-9(11)13(23)14(24)10-6-2-4-8-12(10)16(20,21)22/h1-8,13-14,23-24H. The van der Waals surface area contributed by atoms with Gasteiger partial charge in [0.1, 0.15) is 12.2 Å². The fourth-order valence-electron chi connectivity index (χ4n) is 2.37. The van der Waals surface area contributed by atoms with Crippen molar-refractivity contribution in [3.8, 4) is 0 Å². The van der Waals surface area contributed by atoms with Gasteiger partial charge in [0.25, 0.3) is 0 Å². The van der Waals surface area contributed by atoms with Crippen LogP contribution in [0.15, 0.2) is 48.5 Å². The topological polar surface area (TPSA) is 40.5 Å². The molecule has 0 saturated carbocycles. The Bertz CT molecular complexity index is 647. The predicted molar refractivity (Wildman–Crippen MR) is 72.8 cm³/mol. The van der Waals surface area contributed by atoms with Crippen LogP contribution >= 0.6 is 0 Å². The summed E-state index contributed by atoms with van der Waals surface area (Å²) >= 11 is 0. The van der Waals surface area contributed by atoms with Gasteiger partial charge < -0.3 is 10.2 Å². The first-order valence-corrected chi connectivity index (χ1v) is 6.72. The van der Waals surface area contributed by atoms with Crippen LogP contribution in [0.5, 0.6) is 0 Å². The second kappa shape index (κ2) is 6.45. The zero-order valence-corrected chi connectivity index (χ0v) is 11.9. The van der Waals surface area contributed by atoms with Gasteiger partial charge in [0, 0.05) is 0 Å². The molecular weight excluding hydrogens is 338 g/mol. The fourth-order valence-corrected chi connectivity index (χ4v) is 2.37. The first kappa shape index (κ1) is 18.3. The third-order valence-corrected chi connectivity index (χ3v) is 3.47. The molecule has 2 nitrogen and oxygen atoms in total. The molecule has 2 aromatic carbocycles. The predicted octanol–water partition coefficient (Wildman–Crippen LogP) is 4.49. The highest BCUT2D eigenvalue weighted by atomic mass is 19.4. The Morgan fingerprint density at radius 2 is 0.875 bits per heavy atom. The summed E-state index contributed by atoms with van der Waals surface area (Å²) in [4.78, 5) is 0. The molecule has 130 valence electrons. The highest BCUT2D eigenvalue weighted by Gasteiger charge is 2.39. The average Bonchev–Trinajstić information content (AvgIpc) is 2.52. The zero-order chi connectivity index (χ0) is 18.1. The average molecular weight is 350 g/mol. The van der Waals surface area contributed by atoms with Crippen molar-refractivity contribution in [2.75, 3.05) is 0 Å². The van der Waals surface area contributed by atoms with Crippen molar-refractivity contribution in [1.82, 2.24) is 0 Å². The highest BCUT2D eigenvalue weighted by Crippen LogP contribution is 2.41. The number of hydrogen-bond donors (Lipinski definition) is 2. The molecule has 0 radical (unpaired) electrons. The lowest BCUT2D eigenvalue weighted by molar-refractivity contribution is -0.142. The quantitative estimate of drug-likeness (QED) is 0.801. The van der Waals surface area contributed by atoms with Crippen molar-refractivity contribution in [2.24, 2.45) is 0 Å². The summed E-state index contributed by atoms with van der Waals surface area (Å²) in [6.45, 7) is 0. The molecule has 0 aromatic heterocycles. The molecular formula is C16H12F6O2. The zero-order valence-electron chi connectivity index (χ0n) is 11.9. The number of halogens is 6. The van der Waals surface area contributed by atoms with E-state index in [1.165, 1.54) is 12.1 Å². The maximum absolute atomic E-state index is 13.0. The van der Waals surface area contributed by atoms with Gasteiger partial charge in [0.2, 0.25) is 0 Å². The molecule has 24 heavy (non-hydrogen) atoms. The highest BCUT2D eigenvalue weighted by molar-refractivity contribution is 5.37. The maximum atomic E-state index is 13.0. The largest absolute Gasteiger partial charge is 0.416 e. The van der Waals surface area contributed by atoms with E-state index in [1.54, 1.807) is 0 Å². The molecule has 2 unspecified atom stereocenters. The minimum absolute atomic E-state index is 0.681. The van der Waals surface area contributed by atoms with E-state index < -0.39 is 46.8 Å². The van der Waals surface area contributed by atoms with Gasteiger partial charge in [-0.25, -0.2) is 0 Å². The summed E-state index contributed by atoms with van der Waals surface area (Å²) in [6.07, 6.45) is -14.0. The molecule has 0 amide bonds. The molecule has 2 aromatic rings. The van der Waals surface area contributed by atoms with E-state index in [1.807, 2.05) is 0 Å². The van der Waals surface area contributed by atoms with Gasteiger partial charge in [-0.2, -0.15) is 26.3 Å². The summed E-state index contributed by atoms with van der Waals surface area (Å²) in [5.41, 5.74) is -3.84. The Morgan fingerprint density at radius 3 is 1.17 bits per heavy atom. The molecule has 2 atom stereocenters. The molecule has 8 heteroatoms. The van der Waals surface area contributed by atoms with E-state index >= 15 is 0 Å².